The van der Waals surface area contributed by atoms with Crippen molar-refractivity contribution >= 4 is 17.3 Å². The third kappa shape index (κ3) is 2.68. The van der Waals surface area contributed by atoms with Crippen molar-refractivity contribution in [3.8, 4) is 0 Å². The van der Waals surface area contributed by atoms with Crippen molar-refractivity contribution in [2.45, 2.75) is 20.3 Å². The smallest absolute Gasteiger partial charge is 0.149 e. The summed E-state index contributed by atoms with van der Waals surface area (Å²) < 4.78 is 27.3. The van der Waals surface area contributed by atoms with Gasteiger partial charge in [0, 0.05) is 19.0 Å². The van der Waals surface area contributed by atoms with Crippen molar-refractivity contribution in [1.29, 1.82) is 0 Å². The molecular formula is C14H16F2N4. The van der Waals surface area contributed by atoms with E-state index < -0.39 is 11.6 Å². The second-order valence-corrected chi connectivity index (χ2v) is 4.29. The van der Waals surface area contributed by atoms with Crippen LogP contribution >= 0.6 is 0 Å². The van der Waals surface area contributed by atoms with Gasteiger partial charge < -0.3 is 10.6 Å². The van der Waals surface area contributed by atoms with Gasteiger partial charge >= 0.3 is 0 Å². The molecule has 1 aromatic heterocycles. The van der Waals surface area contributed by atoms with E-state index in [1.165, 1.54) is 18.2 Å². The van der Waals surface area contributed by atoms with Crippen LogP contribution in [-0.4, -0.2) is 17.0 Å². The van der Waals surface area contributed by atoms with Crippen LogP contribution in [0.4, 0.5) is 26.1 Å². The average Bonchev–Trinajstić information content (AvgIpc) is 2.44. The first kappa shape index (κ1) is 14.2. The van der Waals surface area contributed by atoms with Crippen molar-refractivity contribution in [1.82, 2.24) is 9.97 Å². The van der Waals surface area contributed by atoms with Gasteiger partial charge in [-0.1, -0.05) is 13.0 Å². The number of aromatic nitrogens is 2. The number of hydrogen-bond donors (Lipinski definition) is 2. The predicted octanol–water partition coefficient (Wildman–Crippen LogP) is 3.41. The zero-order valence-corrected chi connectivity index (χ0v) is 11.6. The fourth-order valence-electron chi connectivity index (χ4n) is 1.82. The fraction of sp³-hybridized carbons (Fsp3) is 0.286. The molecule has 2 aromatic rings. The summed E-state index contributed by atoms with van der Waals surface area (Å²) in [6, 6.07) is 3.71. The lowest BCUT2D eigenvalue weighted by molar-refractivity contribution is 0.590. The molecule has 2 N–H and O–H groups in total. The lowest BCUT2D eigenvalue weighted by Crippen LogP contribution is -2.08. The molecule has 1 heterocycles. The molecule has 0 aliphatic rings. The molecule has 0 unspecified atom stereocenters. The van der Waals surface area contributed by atoms with Gasteiger partial charge in [0.1, 0.15) is 34.8 Å². The molecule has 0 aliphatic heterocycles. The van der Waals surface area contributed by atoms with Crippen molar-refractivity contribution in [3.63, 3.8) is 0 Å². The maximum atomic E-state index is 13.7. The molecule has 1 aromatic carbocycles. The number of rotatable bonds is 4. The first-order valence-electron chi connectivity index (χ1n) is 6.33. The second-order valence-electron chi connectivity index (χ2n) is 4.29. The van der Waals surface area contributed by atoms with Gasteiger partial charge in [-0.2, -0.15) is 0 Å². The van der Waals surface area contributed by atoms with E-state index in [0.29, 0.717) is 29.4 Å². The molecule has 0 radical (unpaired) electrons. The minimum atomic E-state index is -0.660. The molecule has 20 heavy (non-hydrogen) atoms. The highest BCUT2D eigenvalue weighted by atomic mass is 19.1. The molecule has 6 heteroatoms. The number of para-hydroxylation sites is 1. The number of nitrogens with zero attached hydrogens (tertiary/aromatic N) is 2. The first-order valence-corrected chi connectivity index (χ1v) is 6.33. The Morgan fingerprint density at radius 1 is 1.10 bits per heavy atom. The predicted molar refractivity (Wildman–Crippen MR) is 75.3 cm³/mol. The number of hydrogen-bond acceptors (Lipinski definition) is 4. The van der Waals surface area contributed by atoms with Gasteiger partial charge in [-0.05, 0) is 19.1 Å². The molecule has 106 valence electrons. The van der Waals surface area contributed by atoms with E-state index in [1.807, 2.05) is 6.92 Å². The summed E-state index contributed by atoms with van der Waals surface area (Å²) in [4.78, 5) is 8.59. The minimum Gasteiger partial charge on any atom is -0.373 e. The molecular weight excluding hydrogens is 262 g/mol. The molecule has 0 fully saturated rings. The van der Waals surface area contributed by atoms with Crippen LogP contribution < -0.4 is 10.6 Å². The summed E-state index contributed by atoms with van der Waals surface area (Å²) in [5.74, 6) is 0.305. The van der Waals surface area contributed by atoms with Gasteiger partial charge in [0.25, 0.3) is 0 Å². The Kier molecular flexibility index (Phi) is 4.12. The molecule has 0 aliphatic carbocycles. The quantitative estimate of drug-likeness (QED) is 0.899. The molecule has 0 saturated carbocycles. The Hall–Kier alpha value is -2.24. The summed E-state index contributed by atoms with van der Waals surface area (Å²) in [6.07, 6.45) is 0.628. The van der Waals surface area contributed by atoms with Crippen LogP contribution in [0, 0.1) is 18.6 Å². The van der Waals surface area contributed by atoms with Crippen molar-refractivity contribution in [2.24, 2.45) is 0 Å². The van der Waals surface area contributed by atoms with Gasteiger partial charge in [0.2, 0.25) is 0 Å². The summed E-state index contributed by atoms with van der Waals surface area (Å²) >= 11 is 0. The van der Waals surface area contributed by atoms with Gasteiger partial charge in [0.15, 0.2) is 0 Å². The third-order valence-electron chi connectivity index (χ3n) is 2.95. The van der Waals surface area contributed by atoms with E-state index in [-0.39, 0.29) is 5.69 Å². The maximum Gasteiger partial charge on any atom is 0.149 e. The Bertz CT molecular complexity index is 609. The molecule has 0 atom stereocenters. The third-order valence-corrected chi connectivity index (χ3v) is 2.95. The summed E-state index contributed by atoms with van der Waals surface area (Å²) in [5.41, 5.74) is 0.491. The summed E-state index contributed by atoms with van der Waals surface area (Å²) in [5, 5.41) is 5.66. The van der Waals surface area contributed by atoms with Crippen molar-refractivity contribution in [2.75, 3.05) is 17.7 Å². The zero-order valence-electron chi connectivity index (χ0n) is 11.6. The number of nitrogens with one attached hydrogen (secondary N) is 2. The van der Waals surface area contributed by atoms with E-state index in [9.17, 15) is 8.78 Å². The molecule has 0 amide bonds. The molecule has 0 saturated heterocycles. The monoisotopic (exact) mass is 278 g/mol. The Morgan fingerprint density at radius 3 is 2.25 bits per heavy atom. The SMILES string of the molecule is CCc1nc(NC)c(C)c(Nc2c(F)cccc2F)n1. The van der Waals surface area contributed by atoms with E-state index >= 15 is 0 Å². The topological polar surface area (TPSA) is 49.8 Å². The van der Waals surface area contributed by atoms with Gasteiger partial charge in [-0.25, -0.2) is 18.7 Å². The highest BCUT2D eigenvalue weighted by Crippen LogP contribution is 2.26. The van der Waals surface area contributed by atoms with Gasteiger partial charge in [-0.3, -0.25) is 0 Å². The van der Waals surface area contributed by atoms with E-state index in [1.54, 1.807) is 14.0 Å². The Labute approximate surface area is 116 Å². The maximum absolute atomic E-state index is 13.7. The van der Waals surface area contributed by atoms with E-state index in [4.69, 9.17) is 0 Å². The second kappa shape index (κ2) is 5.81. The number of benzene rings is 1. The van der Waals surface area contributed by atoms with Crippen LogP contribution in [0.3, 0.4) is 0 Å². The first-order chi connectivity index (χ1) is 9.56. The van der Waals surface area contributed by atoms with Crippen LogP contribution in [0.25, 0.3) is 0 Å². The van der Waals surface area contributed by atoms with Crippen LogP contribution in [-0.2, 0) is 6.42 Å². The lowest BCUT2D eigenvalue weighted by atomic mass is 10.2. The standard InChI is InChI=1S/C14H16F2N4/c1-4-11-18-13(17-3)8(2)14(19-11)20-12-9(15)6-5-7-10(12)16/h5-7H,4H2,1-3H3,(H2,17,18,19,20). The number of halogens is 2. The Morgan fingerprint density at radius 2 is 1.70 bits per heavy atom. The van der Waals surface area contributed by atoms with Gasteiger partial charge in [-0.15, -0.1) is 0 Å². The van der Waals surface area contributed by atoms with E-state index in [0.717, 1.165) is 0 Å². The molecule has 0 bridgehead atoms. The van der Waals surface area contributed by atoms with Crippen molar-refractivity contribution in [3.05, 3.63) is 41.2 Å². The molecule has 4 nitrogen and oxygen atoms in total. The van der Waals surface area contributed by atoms with Crippen LogP contribution in [0.5, 0.6) is 0 Å². The highest BCUT2D eigenvalue weighted by Gasteiger charge is 2.14. The lowest BCUT2D eigenvalue weighted by Gasteiger charge is -2.14. The summed E-state index contributed by atoms with van der Waals surface area (Å²) in [6.45, 7) is 3.70. The number of anilines is 3. The van der Waals surface area contributed by atoms with E-state index in [2.05, 4.69) is 20.6 Å². The molecule has 0 spiro atoms. The Balaban J connectivity index is 2.48. The van der Waals surface area contributed by atoms with Crippen LogP contribution in [0.2, 0.25) is 0 Å². The van der Waals surface area contributed by atoms with Crippen LogP contribution in [0.1, 0.15) is 18.3 Å². The van der Waals surface area contributed by atoms with Crippen LogP contribution in [0.15, 0.2) is 18.2 Å². The normalized spacial score (nSPS) is 10.4. The van der Waals surface area contributed by atoms with Crippen molar-refractivity contribution < 1.29 is 8.78 Å². The fourth-order valence-corrected chi connectivity index (χ4v) is 1.82. The largest absolute Gasteiger partial charge is 0.373 e. The average molecular weight is 278 g/mol. The number of aryl methyl sites for hydroxylation is 1. The highest BCUT2D eigenvalue weighted by molar-refractivity contribution is 5.65. The van der Waals surface area contributed by atoms with Gasteiger partial charge in [0.05, 0.1) is 0 Å². The minimum absolute atomic E-state index is 0.210. The zero-order chi connectivity index (χ0) is 14.7. The molecule has 2 rings (SSSR count). The summed E-state index contributed by atoms with van der Waals surface area (Å²) in [7, 11) is 1.74.